The molecule has 0 aromatic heterocycles. The second kappa shape index (κ2) is 3.52. The van der Waals surface area contributed by atoms with Gasteiger partial charge >= 0.3 is 0 Å². The lowest BCUT2D eigenvalue weighted by atomic mass is 10.1. The normalized spacial score (nSPS) is 10.2. The standard InChI is InChI=1S/C7H11NOS/c1-4-7(2,3)8-6(9)5-10/h1,10H,5H2,2-3H3,(H,8,9). The van der Waals surface area contributed by atoms with Crippen molar-refractivity contribution in [3.63, 3.8) is 0 Å². The summed E-state index contributed by atoms with van der Waals surface area (Å²) in [5.74, 6) is 2.47. The van der Waals surface area contributed by atoms with Gasteiger partial charge in [-0.3, -0.25) is 4.79 Å². The number of carbonyl (C=O) groups excluding carboxylic acids is 1. The zero-order chi connectivity index (χ0) is 8.20. The van der Waals surface area contributed by atoms with Crippen LogP contribution in [0.1, 0.15) is 13.8 Å². The lowest BCUT2D eigenvalue weighted by Crippen LogP contribution is -2.42. The van der Waals surface area contributed by atoms with Crippen LogP contribution in [0.4, 0.5) is 0 Å². The van der Waals surface area contributed by atoms with E-state index < -0.39 is 5.54 Å². The zero-order valence-electron chi connectivity index (χ0n) is 6.14. The molecule has 0 aliphatic heterocycles. The van der Waals surface area contributed by atoms with Gasteiger partial charge in [-0.05, 0) is 13.8 Å². The average molecular weight is 157 g/mol. The third kappa shape index (κ3) is 3.41. The molecule has 0 heterocycles. The molecular formula is C7H11NOS. The molecule has 3 heteroatoms. The van der Waals surface area contributed by atoms with Crippen LogP contribution in [0.3, 0.4) is 0 Å². The maximum Gasteiger partial charge on any atom is 0.230 e. The summed E-state index contributed by atoms with van der Waals surface area (Å²) < 4.78 is 0. The third-order valence-electron chi connectivity index (χ3n) is 0.956. The van der Waals surface area contributed by atoms with Crippen molar-refractivity contribution in [3.05, 3.63) is 0 Å². The molecular weight excluding hydrogens is 146 g/mol. The van der Waals surface area contributed by atoms with Crippen LogP contribution >= 0.6 is 12.6 Å². The Morgan fingerprint density at radius 3 is 2.60 bits per heavy atom. The molecule has 0 aliphatic rings. The first-order valence-electron chi connectivity index (χ1n) is 2.91. The molecule has 2 nitrogen and oxygen atoms in total. The summed E-state index contributed by atoms with van der Waals surface area (Å²) in [6.45, 7) is 3.52. The van der Waals surface area contributed by atoms with E-state index in [0.717, 1.165) is 0 Å². The number of carbonyl (C=O) groups is 1. The Kier molecular flexibility index (Phi) is 3.31. The molecule has 0 saturated heterocycles. The van der Waals surface area contributed by atoms with Crippen molar-refractivity contribution in [2.24, 2.45) is 0 Å². The second-order valence-corrected chi connectivity index (χ2v) is 2.79. The van der Waals surface area contributed by atoms with Gasteiger partial charge in [0.2, 0.25) is 5.91 Å². The fraction of sp³-hybridized carbons (Fsp3) is 0.571. The van der Waals surface area contributed by atoms with Crippen LogP contribution < -0.4 is 5.32 Å². The summed E-state index contributed by atoms with van der Waals surface area (Å²) >= 11 is 3.79. The predicted molar refractivity (Wildman–Crippen MR) is 44.9 cm³/mol. The minimum absolute atomic E-state index is 0.147. The van der Waals surface area contributed by atoms with Gasteiger partial charge in [-0.25, -0.2) is 0 Å². The van der Waals surface area contributed by atoms with Crippen LogP contribution in [-0.4, -0.2) is 17.2 Å². The molecule has 1 N–H and O–H groups in total. The van der Waals surface area contributed by atoms with Gasteiger partial charge in [0.25, 0.3) is 0 Å². The summed E-state index contributed by atoms with van der Waals surface area (Å²) in [6.07, 6.45) is 5.12. The van der Waals surface area contributed by atoms with Gasteiger partial charge in [-0.2, -0.15) is 12.6 Å². The Labute approximate surface area is 66.8 Å². The molecule has 0 radical (unpaired) electrons. The first-order chi connectivity index (χ1) is 4.52. The van der Waals surface area contributed by atoms with E-state index >= 15 is 0 Å². The van der Waals surface area contributed by atoms with Crippen molar-refractivity contribution in [2.75, 3.05) is 5.75 Å². The van der Waals surface area contributed by atoms with Crippen molar-refractivity contribution < 1.29 is 4.79 Å². The Hall–Kier alpha value is -0.620. The van der Waals surface area contributed by atoms with E-state index in [2.05, 4.69) is 23.9 Å². The van der Waals surface area contributed by atoms with Crippen LogP contribution in [-0.2, 0) is 4.79 Å². The second-order valence-electron chi connectivity index (χ2n) is 2.48. The number of rotatable bonds is 2. The highest BCUT2D eigenvalue weighted by atomic mass is 32.1. The van der Waals surface area contributed by atoms with Crippen molar-refractivity contribution >= 4 is 18.5 Å². The van der Waals surface area contributed by atoms with Crippen LogP contribution in [0, 0.1) is 12.3 Å². The molecule has 0 aliphatic carbocycles. The number of hydrogen-bond donors (Lipinski definition) is 2. The van der Waals surface area contributed by atoms with Gasteiger partial charge in [-0.15, -0.1) is 6.42 Å². The quantitative estimate of drug-likeness (QED) is 0.442. The summed E-state index contributed by atoms with van der Waals surface area (Å²) in [6, 6.07) is 0. The van der Waals surface area contributed by atoms with E-state index in [9.17, 15) is 4.79 Å². The molecule has 0 atom stereocenters. The zero-order valence-corrected chi connectivity index (χ0v) is 7.03. The van der Waals surface area contributed by atoms with Crippen LogP contribution in [0.2, 0.25) is 0 Å². The van der Waals surface area contributed by atoms with Crippen LogP contribution in [0.15, 0.2) is 0 Å². The molecule has 0 aromatic carbocycles. The molecule has 0 spiro atoms. The van der Waals surface area contributed by atoms with Crippen molar-refractivity contribution in [1.82, 2.24) is 5.32 Å². The summed E-state index contributed by atoms with van der Waals surface area (Å²) in [5, 5.41) is 2.60. The van der Waals surface area contributed by atoms with Gasteiger partial charge in [-0.1, -0.05) is 5.92 Å². The van der Waals surface area contributed by atoms with Gasteiger partial charge < -0.3 is 5.32 Å². The number of terminal acetylenes is 1. The Balaban J connectivity index is 3.92. The SMILES string of the molecule is C#CC(C)(C)NC(=O)CS. The van der Waals surface area contributed by atoms with E-state index in [-0.39, 0.29) is 11.7 Å². The predicted octanol–water partition coefficient (Wildman–Crippen LogP) is 0.444. The van der Waals surface area contributed by atoms with Gasteiger partial charge in [0.15, 0.2) is 0 Å². The first-order valence-corrected chi connectivity index (χ1v) is 3.55. The monoisotopic (exact) mass is 157 g/mol. The minimum atomic E-state index is -0.556. The number of hydrogen-bond acceptors (Lipinski definition) is 2. The summed E-state index contributed by atoms with van der Waals surface area (Å²) in [5.41, 5.74) is -0.556. The van der Waals surface area contributed by atoms with Crippen LogP contribution in [0.25, 0.3) is 0 Å². The highest BCUT2D eigenvalue weighted by Gasteiger charge is 2.14. The third-order valence-corrected chi connectivity index (χ3v) is 1.24. The molecule has 0 fully saturated rings. The van der Waals surface area contributed by atoms with E-state index in [1.54, 1.807) is 13.8 Å². The molecule has 10 heavy (non-hydrogen) atoms. The molecule has 0 saturated carbocycles. The van der Waals surface area contributed by atoms with E-state index in [1.165, 1.54) is 0 Å². The molecule has 1 amide bonds. The maximum absolute atomic E-state index is 10.7. The van der Waals surface area contributed by atoms with Crippen LogP contribution in [0.5, 0.6) is 0 Å². The fourth-order valence-electron chi connectivity index (χ4n) is 0.424. The number of thiol groups is 1. The largest absolute Gasteiger partial charge is 0.340 e. The molecule has 56 valence electrons. The first kappa shape index (κ1) is 9.38. The fourth-order valence-corrected chi connectivity index (χ4v) is 0.503. The van der Waals surface area contributed by atoms with Crippen molar-refractivity contribution in [2.45, 2.75) is 19.4 Å². The highest BCUT2D eigenvalue weighted by Crippen LogP contribution is 1.97. The Bertz CT molecular complexity index is 169. The van der Waals surface area contributed by atoms with Crippen molar-refractivity contribution in [3.8, 4) is 12.3 Å². The number of amides is 1. The van der Waals surface area contributed by atoms with E-state index in [1.807, 2.05) is 0 Å². The van der Waals surface area contributed by atoms with Crippen molar-refractivity contribution in [1.29, 1.82) is 0 Å². The van der Waals surface area contributed by atoms with Gasteiger partial charge in [0, 0.05) is 0 Å². The highest BCUT2D eigenvalue weighted by molar-refractivity contribution is 7.81. The Morgan fingerprint density at radius 2 is 2.30 bits per heavy atom. The molecule has 0 unspecified atom stereocenters. The maximum atomic E-state index is 10.7. The van der Waals surface area contributed by atoms with Gasteiger partial charge in [0.05, 0.1) is 11.3 Å². The minimum Gasteiger partial charge on any atom is -0.340 e. The lowest BCUT2D eigenvalue weighted by Gasteiger charge is -2.18. The molecule has 0 aromatic rings. The number of nitrogens with one attached hydrogen (secondary N) is 1. The lowest BCUT2D eigenvalue weighted by molar-refractivity contribution is -0.119. The van der Waals surface area contributed by atoms with E-state index in [4.69, 9.17) is 6.42 Å². The summed E-state index contributed by atoms with van der Waals surface area (Å²) in [7, 11) is 0. The summed E-state index contributed by atoms with van der Waals surface area (Å²) in [4.78, 5) is 10.7. The molecule has 0 bridgehead atoms. The average Bonchev–Trinajstić information content (AvgIpc) is 1.87. The smallest absolute Gasteiger partial charge is 0.230 e. The topological polar surface area (TPSA) is 29.1 Å². The van der Waals surface area contributed by atoms with Gasteiger partial charge in [0.1, 0.15) is 0 Å². The Morgan fingerprint density at radius 1 is 1.80 bits per heavy atom. The van der Waals surface area contributed by atoms with E-state index in [0.29, 0.717) is 0 Å². The molecule has 0 rings (SSSR count).